The highest BCUT2D eigenvalue weighted by Crippen LogP contribution is 2.34. The molecule has 0 aromatic heterocycles. The molecule has 0 saturated heterocycles. The van der Waals surface area contributed by atoms with Crippen molar-refractivity contribution in [3.05, 3.63) is 23.8 Å². The van der Waals surface area contributed by atoms with Crippen molar-refractivity contribution in [1.82, 2.24) is 0 Å². The number of aliphatic hydroxyl groups excluding tert-OH is 1. The lowest BCUT2D eigenvalue weighted by atomic mass is 10.1. The Morgan fingerprint density at radius 1 is 1.57 bits per heavy atom. The van der Waals surface area contributed by atoms with Crippen LogP contribution in [0.2, 0.25) is 0 Å². The summed E-state index contributed by atoms with van der Waals surface area (Å²) < 4.78 is 5.69. The lowest BCUT2D eigenvalue weighted by Gasteiger charge is -2.33. The van der Waals surface area contributed by atoms with E-state index >= 15 is 0 Å². The molecule has 0 amide bonds. The fourth-order valence-electron chi connectivity index (χ4n) is 1.79. The van der Waals surface area contributed by atoms with Gasteiger partial charge in [-0.1, -0.05) is 12.1 Å². The maximum absolute atomic E-state index is 9.07. The SMILES string of the molecule is Cc1cccc2c1O[C@H](CO)CN2C. The number of ether oxygens (including phenoxy) is 1. The van der Waals surface area contributed by atoms with Crippen molar-refractivity contribution < 1.29 is 9.84 Å². The zero-order chi connectivity index (χ0) is 10.1. The average Bonchev–Trinajstić information content (AvgIpc) is 2.19. The van der Waals surface area contributed by atoms with E-state index in [2.05, 4.69) is 4.90 Å². The summed E-state index contributed by atoms with van der Waals surface area (Å²) in [7, 11) is 2.02. The Kier molecular flexibility index (Phi) is 2.33. The van der Waals surface area contributed by atoms with Crippen LogP contribution in [0.15, 0.2) is 18.2 Å². The van der Waals surface area contributed by atoms with Gasteiger partial charge in [0.05, 0.1) is 18.8 Å². The third kappa shape index (κ3) is 1.44. The highest BCUT2D eigenvalue weighted by atomic mass is 16.5. The summed E-state index contributed by atoms with van der Waals surface area (Å²) in [5.41, 5.74) is 2.22. The molecule has 0 fully saturated rings. The third-order valence-corrected chi connectivity index (χ3v) is 2.57. The lowest BCUT2D eigenvalue weighted by Crippen LogP contribution is -2.40. The minimum absolute atomic E-state index is 0.0676. The van der Waals surface area contributed by atoms with Crippen molar-refractivity contribution in [1.29, 1.82) is 0 Å². The van der Waals surface area contributed by atoms with E-state index < -0.39 is 0 Å². The van der Waals surface area contributed by atoms with Crippen molar-refractivity contribution in [3.63, 3.8) is 0 Å². The van der Waals surface area contributed by atoms with Gasteiger partial charge in [0.25, 0.3) is 0 Å². The van der Waals surface area contributed by atoms with Crippen LogP contribution >= 0.6 is 0 Å². The minimum Gasteiger partial charge on any atom is -0.484 e. The van der Waals surface area contributed by atoms with Crippen molar-refractivity contribution in [2.45, 2.75) is 13.0 Å². The van der Waals surface area contributed by atoms with Crippen LogP contribution in [0, 0.1) is 6.92 Å². The molecule has 1 heterocycles. The summed E-state index contributed by atoms with van der Waals surface area (Å²) >= 11 is 0. The van der Waals surface area contributed by atoms with Crippen LogP contribution in [0.3, 0.4) is 0 Å². The quantitative estimate of drug-likeness (QED) is 0.727. The Morgan fingerprint density at radius 2 is 2.36 bits per heavy atom. The van der Waals surface area contributed by atoms with Gasteiger partial charge in [-0.3, -0.25) is 0 Å². The molecule has 1 atom stereocenters. The van der Waals surface area contributed by atoms with Crippen LogP contribution < -0.4 is 9.64 Å². The maximum atomic E-state index is 9.07. The Labute approximate surface area is 83.9 Å². The Bertz CT molecular complexity index is 338. The van der Waals surface area contributed by atoms with Crippen LogP contribution in [0.1, 0.15) is 5.56 Å². The molecule has 14 heavy (non-hydrogen) atoms. The molecule has 3 nitrogen and oxygen atoms in total. The number of anilines is 1. The third-order valence-electron chi connectivity index (χ3n) is 2.57. The molecule has 0 spiro atoms. The fourth-order valence-corrected chi connectivity index (χ4v) is 1.79. The first-order valence-electron chi connectivity index (χ1n) is 4.80. The number of rotatable bonds is 1. The van der Waals surface area contributed by atoms with E-state index in [0.29, 0.717) is 0 Å². The summed E-state index contributed by atoms with van der Waals surface area (Å²) in [5, 5.41) is 9.07. The fraction of sp³-hybridized carbons (Fsp3) is 0.455. The second-order valence-electron chi connectivity index (χ2n) is 3.73. The first-order chi connectivity index (χ1) is 6.72. The molecule has 0 bridgehead atoms. The smallest absolute Gasteiger partial charge is 0.146 e. The van der Waals surface area contributed by atoms with Crippen molar-refractivity contribution in [3.8, 4) is 5.75 Å². The average molecular weight is 193 g/mol. The van der Waals surface area contributed by atoms with Gasteiger partial charge in [-0.2, -0.15) is 0 Å². The van der Waals surface area contributed by atoms with Gasteiger partial charge in [-0.25, -0.2) is 0 Å². The highest BCUT2D eigenvalue weighted by molar-refractivity contribution is 5.62. The Morgan fingerprint density at radius 3 is 3.07 bits per heavy atom. The molecule has 3 heteroatoms. The maximum Gasteiger partial charge on any atom is 0.146 e. The number of nitrogens with zero attached hydrogens (tertiary/aromatic N) is 1. The van der Waals surface area contributed by atoms with E-state index in [1.165, 1.54) is 0 Å². The summed E-state index contributed by atoms with van der Waals surface area (Å²) in [4.78, 5) is 2.12. The van der Waals surface area contributed by atoms with Gasteiger partial charge in [0.1, 0.15) is 11.9 Å². The molecule has 0 radical (unpaired) electrons. The largest absolute Gasteiger partial charge is 0.484 e. The highest BCUT2D eigenvalue weighted by Gasteiger charge is 2.23. The molecule has 0 unspecified atom stereocenters. The molecule has 1 N–H and O–H groups in total. The van der Waals surface area contributed by atoms with Gasteiger partial charge < -0.3 is 14.7 Å². The van der Waals surface area contributed by atoms with Crippen LogP contribution in [0.25, 0.3) is 0 Å². The van der Waals surface area contributed by atoms with Gasteiger partial charge in [0, 0.05) is 7.05 Å². The van der Waals surface area contributed by atoms with Gasteiger partial charge in [0.2, 0.25) is 0 Å². The molecule has 1 aliphatic heterocycles. The van der Waals surface area contributed by atoms with E-state index in [1.54, 1.807) is 0 Å². The molecule has 1 aliphatic rings. The number of fused-ring (bicyclic) bond motifs is 1. The predicted octanol–water partition coefficient (Wildman–Crippen LogP) is 1.18. The zero-order valence-electron chi connectivity index (χ0n) is 8.53. The molecule has 0 saturated carbocycles. The summed E-state index contributed by atoms with van der Waals surface area (Å²) in [6.45, 7) is 2.83. The lowest BCUT2D eigenvalue weighted by molar-refractivity contribution is 0.113. The number of hydrogen-bond donors (Lipinski definition) is 1. The van der Waals surface area contributed by atoms with Crippen LogP contribution in [-0.2, 0) is 0 Å². The number of likely N-dealkylation sites (N-methyl/N-ethyl adjacent to an activating group) is 1. The molecular weight excluding hydrogens is 178 g/mol. The Balaban J connectivity index is 2.40. The summed E-state index contributed by atoms with van der Waals surface area (Å²) in [6, 6.07) is 6.08. The standard InChI is InChI=1S/C11H15NO2/c1-8-4-3-5-10-11(8)14-9(7-13)6-12(10)2/h3-5,9,13H,6-7H2,1-2H3/t9-/m0/s1. The number of benzene rings is 1. The van der Waals surface area contributed by atoms with Gasteiger partial charge in [-0.15, -0.1) is 0 Å². The second-order valence-corrected chi connectivity index (χ2v) is 3.73. The van der Waals surface area contributed by atoms with Crippen LogP contribution in [0.4, 0.5) is 5.69 Å². The molecule has 2 rings (SSSR count). The predicted molar refractivity (Wildman–Crippen MR) is 56.0 cm³/mol. The first-order valence-corrected chi connectivity index (χ1v) is 4.80. The molecule has 0 aliphatic carbocycles. The van der Waals surface area contributed by atoms with Gasteiger partial charge in [-0.05, 0) is 18.6 Å². The minimum atomic E-state index is -0.103. The number of para-hydroxylation sites is 1. The number of hydrogen-bond acceptors (Lipinski definition) is 3. The number of aliphatic hydroxyl groups is 1. The summed E-state index contributed by atoms with van der Waals surface area (Å²) in [6.07, 6.45) is -0.103. The first kappa shape index (κ1) is 9.34. The van der Waals surface area contributed by atoms with E-state index in [9.17, 15) is 0 Å². The normalized spacial score (nSPS) is 20.2. The van der Waals surface area contributed by atoms with Gasteiger partial charge in [0.15, 0.2) is 0 Å². The molecule has 76 valence electrons. The van der Waals surface area contributed by atoms with Crippen LogP contribution in [0.5, 0.6) is 5.75 Å². The number of aryl methyl sites for hydroxylation is 1. The topological polar surface area (TPSA) is 32.7 Å². The van der Waals surface area contributed by atoms with Crippen molar-refractivity contribution in [2.24, 2.45) is 0 Å². The zero-order valence-corrected chi connectivity index (χ0v) is 8.53. The summed E-state index contributed by atoms with van der Waals surface area (Å²) in [5.74, 6) is 0.903. The van der Waals surface area contributed by atoms with E-state index in [4.69, 9.17) is 9.84 Å². The van der Waals surface area contributed by atoms with E-state index in [-0.39, 0.29) is 12.7 Å². The second kappa shape index (κ2) is 3.50. The Hall–Kier alpha value is -1.22. The molecule has 1 aromatic carbocycles. The molecular formula is C11H15NO2. The van der Waals surface area contributed by atoms with Crippen LogP contribution in [-0.4, -0.2) is 31.4 Å². The van der Waals surface area contributed by atoms with Crippen molar-refractivity contribution in [2.75, 3.05) is 25.1 Å². The van der Waals surface area contributed by atoms with E-state index in [1.807, 2.05) is 32.2 Å². The molecule has 1 aromatic rings. The van der Waals surface area contributed by atoms with Crippen molar-refractivity contribution >= 4 is 5.69 Å². The monoisotopic (exact) mass is 193 g/mol. The van der Waals surface area contributed by atoms with Gasteiger partial charge >= 0.3 is 0 Å². The van der Waals surface area contributed by atoms with E-state index in [0.717, 1.165) is 23.5 Å².